The molecule has 0 aliphatic heterocycles. The monoisotopic (exact) mass is 270 g/mol. The fraction of sp³-hybridized carbons (Fsp3) is 0.857. The zero-order chi connectivity index (χ0) is 13.7. The molecule has 2 fully saturated rings. The van der Waals surface area contributed by atoms with Gasteiger partial charge in [-0.15, -0.1) is 0 Å². The van der Waals surface area contributed by atoms with Gasteiger partial charge in [-0.2, -0.15) is 0 Å². The quantitative estimate of drug-likeness (QED) is 0.775. The minimum Gasteiger partial charge on any atom is -0.481 e. The van der Waals surface area contributed by atoms with E-state index in [4.69, 9.17) is 14.6 Å². The highest BCUT2D eigenvalue weighted by atomic mass is 16.5. The lowest BCUT2D eigenvalue weighted by Gasteiger charge is -2.33. The largest absolute Gasteiger partial charge is 0.481 e. The lowest BCUT2D eigenvalue weighted by atomic mass is 9.87. The summed E-state index contributed by atoms with van der Waals surface area (Å²) in [4.78, 5) is 21.1. The number of carboxylic acids is 1. The van der Waals surface area contributed by atoms with Gasteiger partial charge in [0.05, 0.1) is 18.1 Å². The molecule has 0 atom stereocenters. The summed E-state index contributed by atoms with van der Waals surface area (Å²) in [5.41, 5.74) is 0. The zero-order valence-electron chi connectivity index (χ0n) is 11.1. The molecule has 2 saturated carbocycles. The first-order valence-corrected chi connectivity index (χ1v) is 7.16. The first-order chi connectivity index (χ1) is 9.19. The molecule has 0 amide bonds. The van der Waals surface area contributed by atoms with Crippen LogP contribution in [0.2, 0.25) is 0 Å². The van der Waals surface area contributed by atoms with Crippen molar-refractivity contribution in [3.8, 4) is 0 Å². The summed E-state index contributed by atoms with van der Waals surface area (Å²) in [7, 11) is 0. The highest BCUT2D eigenvalue weighted by Gasteiger charge is 2.29. The van der Waals surface area contributed by atoms with E-state index in [0.29, 0.717) is 6.47 Å². The van der Waals surface area contributed by atoms with E-state index in [0.717, 1.165) is 51.4 Å². The summed E-state index contributed by atoms with van der Waals surface area (Å²) in [6, 6.07) is 0. The second-order valence-electron chi connectivity index (χ2n) is 5.58. The Bertz CT molecular complexity index is 301. The van der Waals surface area contributed by atoms with Crippen LogP contribution in [0.3, 0.4) is 0 Å². The number of ether oxygens (including phenoxy) is 2. The van der Waals surface area contributed by atoms with Crippen LogP contribution in [0.25, 0.3) is 0 Å². The van der Waals surface area contributed by atoms with Crippen molar-refractivity contribution in [2.75, 3.05) is 0 Å². The van der Waals surface area contributed by atoms with Gasteiger partial charge >= 0.3 is 5.97 Å². The first kappa shape index (κ1) is 14.3. The Kier molecular flexibility index (Phi) is 5.19. The zero-order valence-corrected chi connectivity index (χ0v) is 11.1. The van der Waals surface area contributed by atoms with E-state index in [9.17, 15) is 9.59 Å². The van der Waals surface area contributed by atoms with E-state index in [-0.39, 0.29) is 24.2 Å². The molecule has 2 aliphatic rings. The van der Waals surface area contributed by atoms with Crippen molar-refractivity contribution < 1.29 is 24.2 Å². The van der Waals surface area contributed by atoms with Gasteiger partial charge in [-0.3, -0.25) is 9.59 Å². The second-order valence-corrected chi connectivity index (χ2v) is 5.58. The molecule has 19 heavy (non-hydrogen) atoms. The van der Waals surface area contributed by atoms with Gasteiger partial charge in [0.15, 0.2) is 0 Å². The smallest absolute Gasteiger partial charge is 0.306 e. The van der Waals surface area contributed by atoms with Crippen LogP contribution in [0.15, 0.2) is 0 Å². The molecule has 0 bridgehead atoms. The van der Waals surface area contributed by atoms with Crippen LogP contribution in [0.5, 0.6) is 0 Å². The van der Waals surface area contributed by atoms with Gasteiger partial charge in [-0.25, -0.2) is 0 Å². The second kappa shape index (κ2) is 6.89. The Balaban J connectivity index is 1.66. The van der Waals surface area contributed by atoms with Gasteiger partial charge in [0.2, 0.25) is 0 Å². The first-order valence-electron chi connectivity index (χ1n) is 7.16. The minimum absolute atomic E-state index is 0.0556. The van der Waals surface area contributed by atoms with Gasteiger partial charge in [0.1, 0.15) is 6.10 Å². The number of aliphatic carboxylic acids is 1. The van der Waals surface area contributed by atoms with Crippen LogP contribution >= 0.6 is 0 Å². The summed E-state index contributed by atoms with van der Waals surface area (Å²) >= 11 is 0. The Labute approximate surface area is 113 Å². The fourth-order valence-corrected chi connectivity index (χ4v) is 3.10. The third kappa shape index (κ3) is 4.20. The summed E-state index contributed by atoms with van der Waals surface area (Å²) < 4.78 is 11.0. The Morgan fingerprint density at radius 2 is 1.37 bits per heavy atom. The van der Waals surface area contributed by atoms with E-state index in [2.05, 4.69) is 0 Å². The Morgan fingerprint density at radius 3 is 1.84 bits per heavy atom. The van der Waals surface area contributed by atoms with Gasteiger partial charge in [0.25, 0.3) is 6.47 Å². The molecule has 0 heterocycles. The number of carbonyl (C=O) groups is 2. The predicted molar refractivity (Wildman–Crippen MR) is 67.7 cm³/mol. The van der Waals surface area contributed by atoms with Crippen LogP contribution in [-0.2, 0) is 19.1 Å². The van der Waals surface area contributed by atoms with Gasteiger partial charge in [-0.05, 0) is 51.4 Å². The maximum Gasteiger partial charge on any atom is 0.306 e. The van der Waals surface area contributed by atoms with E-state index in [1.807, 2.05) is 0 Å². The van der Waals surface area contributed by atoms with Crippen molar-refractivity contribution in [2.45, 2.75) is 69.7 Å². The van der Waals surface area contributed by atoms with Gasteiger partial charge < -0.3 is 14.6 Å². The SMILES string of the molecule is O=COC1CCC(OC2CCC(C(=O)O)CC2)CC1. The molecule has 0 aromatic heterocycles. The lowest BCUT2D eigenvalue weighted by molar-refractivity contribution is -0.145. The summed E-state index contributed by atoms with van der Waals surface area (Å²) in [5.74, 6) is -0.860. The molecule has 2 aliphatic carbocycles. The number of hydrogen-bond acceptors (Lipinski definition) is 4. The van der Waals surface area contributed by atoms with E-state index in [1.165, 1.54) is 0 Å². The van der Waals surface area contributed by atoms with Crippen LogP contribution in [0, 0.1) is 5.92 Å². The van der Waals surface area contributed by atoms with Crippen molar-refractivity contribution >= 4 is 12.4 Å². The van der Waals surface area contributed by atoms with Crippen molar-refractivity contribution in [3.63, 3.8) is 0 Å². The normalized spacial score (nSPS) is 35.6. The number of carbonyl (C=O) groups excluding carboxylic acids is 1. The molecular formula is C14H22O5. The molecule has 0 saturated heterocycles. The average molecular weight is 270 g/mol. The lowest BCUT2D eigenvalue weighted by Crippen LogP contribution is -2.32. The fourth-order valence-electron chi connectivity index (χ4n) is 3.10. The molecule has 0 radical (unpaired) electrons. The molecule has 5 nitrogen and oxygen atoms in total. The van der Waals surface area contributed by atoms with Gasteiger partial charge in [-0.1, -0.05) is 0 Å². The topological polar surface area (TPSA) is 72.8 Å². The Hall–Kier alpha value is -1.10. The molecule has 1 N–H and O–H groups in total. The van der Waals surface area contributed by atoms with Crippen molar-refractivity contribution in [3.05, 3.63) is 0 Å². The molecule has 0 spiro atoms. The van der Waals surface area contributed by atoms with Crippen molar-refractivity contribution in [2.24, 2.45) is 5.92 Å². The van der Waals surface area contributed by atoms with Crippen molar-refractivity contribution in [1.82, 2.24) is 0 Å². The highest BCUT2D eigenvalue weighted by molar-refractivity contribution is 5.70. The van der Waals surface area contributed by atoms with Crippen LogP contribution in [0.1, 0.15) is 51.4 Å². The molecule has 0 aromatic rings. The molecule has 108 valence electrons. The molecule has 0 unspecified atom stereocenters. The molecular weight excluding hydrogens is 248 g/mol. The predicted octanol–water partition coefficient (Wildman–Crippen LogP) is 2.13. The minimum atomic E-state index is -0.676. The van der Waals surface area contributed by atoms with E-state index >= 15 is 0 Å². The maximum atomic E-state index is 10.9. The summed E-state index contributed by atoms with van der Waals surface area (Å²) in [6.45, 7) is 0.527. The third-order valence-corrected chi connectivity index (χ3v) is 4.28. The Morgan fingerprint density at radius 1 is 0.895 bits per heavy atom. The van der Waals surface area contributed by atoms with Crippen LogP contribution in [0.4, 0.5) is 0 Å². The van der Waals surface area contributed by atoms with Crippen molar-refractivity contribution in [1.29, 1.82) is 0 Å². The third-order valence-electron chi connectivity index (χ3n) is 4.28. The van der Waals surface area contributed by atoms with Gasteiger partial charge in [0, 0.05) is 0 Å². The number of rotatable bonds is 5. The number of carboxylic acid groups (broad SMARTS) is 1. The maximum absolute atomic E-state index is 10.9. The van der Waals surface area contributed by atoms with Crippen LogP contribution < -0.4 is 0 Å². The molecule has 5 heteroatoms. The molecule has 0 aromatic carbocycles. The average Bonchev–Trinajstić information content (AvgIpc) is 2.42. The van der Waals surface area contributed by atoms with E-state index in [1.54, 1.807) is 0 Å². The standard InChI is InChI=1S/C14H22O5/c15-9-18-11-5-7-13(8-6-11)19-12-3-1-10(2-4-12)14(16)17/h9-13H,1-8H2,(H,16,17). The highest BCUT2D eigenvalue weighted by Crippen LogP contribution is 2.30. The van der Waals surface area contributed by atoms with E-state index < -0.39 is 5.97 Å². The summed E-state index contributed by atoms with van der Waals surface area (Å²) in [6.07, 6.45) is 7.26. The molecule has 2 rings (SSSR count). The van der Waals surface area contributed by atoms with Crippen LogP contribution in [-0.4, -0.2) is 35.9 Å². The number of hydrogen-bond donors (Lipinski definition) is 1. The summed E-state index contributed by atoms with van der Waals surface area (Å²) in [5, 5.41) is 8.94.